The Balaban J connectivity index is 2.41. The molecule has 18 heavy (non-hydrogen) atoms. The van der Waals surface area contributed by atoms with Gasteiger partial charge in [0.1, 0.15) is 18.7 Å². The van der Waals surface area contributed by atoms with Crippen LogP contribution in [0.5, 0.6) is 0 Å². The molecule has 0 bridgehead atoms. The number of carbonyl (C=O) groups excluding carboxylic acids is 1. The Morgan fingerprint density at radius 3 is 2.61 bits per heavy atom. The Morgan fingerprint density at radius 1 is 1.33 bits per heavy atom. The molecule has 0 N–H and O–H groups in total. The number of hydrogen-bond acceptors (Lipinski definition) is 4. The summed E-state index contributed by atoms with van der Waals surface area (Å²) in [5, 5.41) is 8.52. The molecule has 6 nitrogen and oxygen atoms in total. The van der Waals surface area contributed by atoms with E-state index < -0.39 is 0 Å². The topological polar surface area (TPSA) is 65.6 Å². The fraction of sp³-hybridized carbons (Fsp3) is 0.500. The van der Waals surface area contributed by atoms with E-state index in [0.717, 1.165) is 41.9 Å². The zero-order valence-electron chi connectivity index (χ0n) is 10.9. The smallest absolute Gasteiger partial charge is 0.153 e. The molecule has 2 rings (SSSR count). The second-order valence-corrected chi connectivity index (χ2v) is 4.09. The zero-order valence-corrected chi connectivity index (χ0v) is 10.9. The monoisotopic (exact) mass is 247 g/mol. The predicted octanol–water partition coefficient (Wildman–Crippen LogP) is 0.997. The van der Waals surface area contributed by atoms with Crippen LogP contribution in [0.2, 0.25) is 0 Å². The molecule has 0 fully saturated rings. The molecule has 0 spiro atoms. The minimum absolute atomic E-state index is 0.542. The summed E-state index contributed by atoms with van der Waals surface area (Å²) >= 11 is 0. The maximum absolute atomic E-state index is 11.2. The molecule has 0 aliphatic rings. The van der Waals surface area contributed by atoms with Gasteiger partial charge >= 0.3 is 0 Å². The van der Waals surface area contributed by atoms with Crippen LogP contribution in [0, 0.1) is 0 Å². The summed E-state index contributed by atoms with van der Waals surface area (Å²) in [6.45, 7) is 4.57. The molecule has 96 valence electrons. The highest BCUT2D eigenvalue weighted by Gasteiger charge is 2.16. The van der Waals surface area contributed by atoms with Gasteiger partial charge in [-0.15, -0.1) is 0 Å². The van der Waals surface area contributed by atoms with Gasteiger partial charge < -0.3 is 0 Å². The van der Waals surface area contributed by atoms with Crippen LogP contribution in [0.15, 0.2) is 6.33 Å². The largest absolute Gasteiger partial charge is 0.298 e. The van der Waals surface area contributed by atoms with Crippen molar-refractivity contribution in [2.45, 2.75) is 33.2 Å². The first-order valence-electron chi connectivity index (χ1n) is 6.07. The van der Waals surface area contributed by atoms with E-state index in [1.807, 2.05) is 25.6 Å². The molecule has 6 heteroatoms. The number of aldehydes is 1. The first-order valence-corrected chi connectivity index (χ1v) is 6.07. The van der Waals surface area contributed by atoms with Crippen molar-refractivity contribution in [1.82, 2.24) is 24.5 Å². The van der Waals surface area contributed by atoms with Crippen molar-refractivity contribution in [3.05, 3.63) is 29.1 Å². The first-order chi connectivity index (χ1) is 8.71. The second-order valence-electron chi connectivity index (χ2n) is 4.09. The van der Waals surface area contributed by atoms with E-state index in [9.17, 15) is 4.79 Å². The zero-order chi connectivity index (χ0) is 13.1. The lowest BCUT2D eigenvalue weighted by molar-refractivity contribution is 0.112. The van der Waals surface area contributed by atoms with Gasteiger partial charge in [0.25, 0.3) is 0 Å². The van der Waals surface area contributed by atoms with E-state index in [4.69, 9.17) is 0 Å². The molecule has 2 aromatic rings. The molecule has 2 heterocycles. The summed E-state index contributed by atoms with van der Waals surface area (Å²) in [5.41, 5.74) is 2.54. The van der Waals surface area contributed by atoms with Crippen LogP contribution in [0.1, 0.15) is 41.4 Å². The molecular weight excluding hydrogens is 230 g/mol. The highest BCUT2D eigenvalue weighted by Crippen LogP contribution is 2.15. The van der Waals surface area contributed by atoms with Crippen LogP contribution in [0.25, 0.3) is 0 Å². The van der Waals surface area contributed by atoms with Crippen molar-refractivity contribution >= 4 is 6.29 Å². The summed E-state index contributed by atoms with van der Waals surface area (Å²) in [6, 6.07) is 0. The van der Waals surface area contributed by atoms with Crippen molar-refractivity contribution in [3.63, 3.8) is 0 Å². The van der Waals surface area contributed by atoms with Crippen LogP contribution in [-0.2, 0) is 26.4 Å². The van der Waals surface area contributed by atoms with Crippen molar-refractivity contribution in [2.75, 3.05) is 0 Å². The molecule has 0 aliphatic heterocycles. The molecule has 0 radical (unpaired) electrons. The summed E-state index contributed by atoms with van der Waals surface area (Å²) in [7, 11) is 1.85. The number of rotatable bonds is 5. The quantitative estimate of drug-likeness (QED) is 0.739. The molecule has 0 aliphatic carbocycles. The molecule has 0 atom stereocenters. The van der Waals surface area contributed by atoms with E-state index in [2.05, 4.69) is 15.2 Å². The Kier molecular flexibility index (Phi) is 3.55. The van der Waals surface area contributed by atoms with Crippen molar-refractivity contribution < 1.29 is 4.79 Å². The van der Waals surface area contributed by atoms with Gasteiger partial charge in [-0.2, -0.15) is 10.2 Å². The van der Waals surface area contributed by atoms with Crippen molar-refractivity contribution in [2.24, 2.45) is 7.05 Å². The van der Waals surface area contributed by atoms with E-state index in [0.29, 0.717) is 6.54 Å². The maximum atomic E-state index is 11.2. The summed E-state index contributed by atoms with van der Waals surface area (Å²) in [5.74, 6) is 0.826. The first kappa shape index (κ1) is 12.5. The van der Waals surface area contributed by atoms with Crippen LogP contribution in [-0.4, -0.2) is 30.8 Å². The standard InChI is InChI=1S/C12H17N5O/c1-4-10-9(7-18)11(5-2)17(15-10)6-12-13-8-14-16(12)3/h7-8H,4-6H2,1-3H3. The Morgan fingerprint density at radius 2 is 2.11 bits per heavy atom. The number of hydrogen-bond donors (Lipinski definition) is 0. The number of aryl methyl sites for hydroxylation is 2. The lowest BCUT2D eigenvalue weighted by Gasteiger charge is -2.05. The number of carbonyl (C=O) groups is 1. The van der Waals surface area contributed by atoms with Crippen LogP contribution < -0.4 is 0 Å². The molecule has 0 saturated heterocycles. The van der Waals surface area contributed by atoms with Gasteiger partial charge in [0.2, 0.25) is 0 Å². The minimum Gasteiger partial charge on any atom is -0.298 e. The number of aromatic nitrogens is 5. The average Bonchev–Trinajstić information content (AvgIpc) is 2.93. The van der Waals surface area contributed by atoms with Crippen LogP contribution in [0.3, 0.4) is 0 Å². The van der Waals surface area contributed by atoms with Gasteiger partial charge in [0.05, 0.1) is 11.3 Å². The Hall–Kier alpha value is -1.98. The van der Waals surface area contributed by atoms with Gasteiger partial charge in [-0.25, -0.2) is 4.98 Å². The average molecular weight is 247 g/mol. The SMILES string of the molecule is CCc1nn(Cc2ncnn2C)c(CC)c1C=O. The fourth-order valence-corrected chi connectivity index (χ4v) is 2.06. The second kappa shape index (κ2) is 5.12. The van der Waals surface area contributed by atoms with Gasteiger partial charge in [-0.3, -0.25) is 14.2 Å². The normalized spacial score (nSPS) is 10.8. The lowest BCUT2D eigenvalue weighted by Crippen LogP contribution is -2.11. The summed E-state index contributed by atoms with van der Waals surface area (Å²) in [4.78, 5) is 15.3. The third-order valence-electron chi connectivity index (χ3n) is 3.06. The summed E-state index contributed by atoms with van der Waals surface area (Å²) < 4.78 is 3.57. The van der Waals surface area contributed by atoms with Gasteiger partial charge in [-0.1, -0.05) is 13.8 Å². The maximum Gasteiger partial charge on any atom is 0.153 e. The molecule has 0 saturated carbocycles. The highest BCUT2D eigenvalue weighted by atomic mass is 16.1. The van der Waals surface area contributed by atoms with Gasteiger partial charge in [0.15, 0.2) is 6.29 Å². The van der Waals surface area contributed by atoms with Crippen LogP contribution in [0.4, 0.5) is 0 Å². The molecule has 0 unspecified atom stereocenters. The van der Waals surface area contributed by atoms with E-state index in [1.165, 1.54) is 6.33 Å². The molecule has 2 aromatic heterocycles. The molecule has 0 amide bonds. The van der Waals surface area contributed by atoms with E-state index in [-0.39, 0.29) is 0 Å². The van der Waals surface area contributed by atoms with Crippen molar-refractivity contribution in [1.29, 1.82) is 0 Å². The minimum atomic E-state index is 0.542. The van der Waals surface area contributed by atoms with Gasteiger partial charge in [-0.05, 0) is 12.8 Å². The van der Waals surface area contributed by atoms with Crippen LogP contribution >= 0.6 is 0 Å². The Labute approximate surface area is 106 Å². The third-order valence-corrected chi connectivity index (χ3v) is 3.06. The molecular formula is C12H17N5O. The highest BCUT2D eigenvalue weighted by molar-refractivity contribution is 5.78. The number of nitrogens with zero attached hydrogens (tertiary/aromatic N) is 5. The van der Waals surface area contributed by atoms with Crippen molar-refractivity contribution in [3.8, 4) is 0 Å². The third kappa shape index (κ3) is 2.05. The Bertz CT molecular complexity index is 555. The van der Waals surface area contributed by atoms with Gasteiger partial charge in [0, 0.05) is 12.7 Å². The lowest BCUT2D eigenvalue weighted by atomic mass is 10.1. The predicted molar refractivity (Wildman–Crippen MR) is 66.5 cm³/mol. The van der Waals surface area contributed by atoms with E-state index in [1.54, 1.807) is 4.68 Å². The van der Waals surface area contributed by atoms with E-state index >= 15 is 0 Å². The summed E-state index contributed by atoms with van der Waals surface area (Å²) in [6.07, 6.45) is 3.95. The molecule has 0 aromatic carbocycles. The fourth-order valence-electron chi connectivity index (χ4n) is 2.06.